The summed E-state index contributed by atoms with van der Waals surface area (Å²) in [5, 5.41) is 3.10. The number of imidazole rings is 2. The molecule has 5 aromatic rings. The van der Waals surface area contributed by atoms with E-state index in [9.17, 15) is 14.4 Å². The van der Waals surface area contributed by atoms with Gasteiger partial charge >= 0.3 is 0 Å². The van der Waals surface area contributed by atoms with Crippen molar-refractivity contribution in [2.75, 3.05) is 50.9 Å². The summed E-state index contributed by atoms with van der Waals surface area (Å²) in [5.41, 5.74) is 14.1. The van der Waals surface area contributed by atoms with Gasteiger partial charge in [0.2, 0.25) is 0 Å². The number of nitrogens with one attached hydrogen (secondary N) is 1. The number of nitrogen functional groups attached to an aromatic ring is 2. The van der Waals surface area contributed by atoms with Crippen molar-refractivity contribution in [2.24, 2.45) is 14.1 Å². The highest BCUT2D eigenvalue weighted by molar-refractivity contribution is 6.31. The minimum Gasteiger partial charge on any atom is -1.00 e. The third kappa shape index (κ3) is 16.3. The molecule has 0 saturated carbocycles. The third-order valence-electron chi connectivity index (χ3n) is 11.2. The van der Waals surface area contributed by atoms with E-state index in [-0.39, 0.29) is 98.0 Å². The number of hydrogen-bond donors (Lipinski definition) is 3. The van der Waals surface area contributed by atoms with E-state index in [0.717, 1.165) is 80.8 Å². The molecular weight excluding hydrogens is 902 g/mol. The Balaban J connectivity index is 0.00000352. The van der Waals surface area contributed by atoms with Gasteiger partial charge in [-0.25, -0.2) is 19.9 Å². The molecule has 1 saturated heterocycles. The van der Waals surface area contributed by atoms with Crippen LogP contribution in [0.25, 0.3) is 0 Å². The molecule has 0 unspecified atom stereocenters. The summed E-state index contributed by atoms with van der Waals surface area (Å²) >= 11 is 6.09. The number of carbonyl (C=O) groups is 3. The molecular formula is C45H62Cl4N10O5. The highest BCUT2D eigenvalue weighted by Crippen LogP contribution is 2.25. The summed E-state index contributed by atoms with van der Waals surface area (Å²) in [6, 6.07) is 15.9. The molecule has 0 radical (unpaired) electrons. The smallest absolute Gasteiger partial charge is 0.274 e. The number of aryl methyl sites for hydroxylation is 6. The summed E-state index contributed by atoms with van der Waals surface area (Å²) in [6.45, 7) is 3.70. The molecule has 6 rings (SSSR count). The number of ether oxygens (including phenoxy) is 2. The van der Waals surface area contributed by atoms with Crippen molar-refractivity contribution in [1.29, 1.82) is 0 Å². The zero-order chi connectivity index (χ0) is 42.5. The van der Waals surface area contributed by atoms with Gasteiger partial charge in [-0.2, -0.15) is 0 Å². The Kier molecular flexibility index (Phi) is 23.1. The Morgan fingerprint density at radius 3 is 1.70 bits per heavy atom. The number of aromatic nitrogens is 6. The molecule has 0 aliphatic carbocycles. The second-order valence-electron chi connectivity index (χ2n) is 15.7. The summed E-state index contributed by atoms with van der Waals surface area (Å²) in [4.78, 5) is 54.9. The first-order valence-corrected chi connectivity index (χ1v) is 21.0. The van der Waals surface area contributed by atoms with Crippen molar-refractivity contribution < 1.29 is 40.7 Å². The third-order valence-corrected chi connectivity index (χ3v) is 11.5. The lowest BCUT2D eigenvalue weighted by molar-refractivity contribution is -0.933. The fraction of sp³-hybridized carbons (Fsp3) is 0.444. The molecule has 3 aromatic heterocycles. The van der Waals surface area contributed by atoms with Crippen LogP contribution in [0.15, 0.2) is 73.3 Å². The molecule has 19 heteroatoms. The van der Waals surface area contributed by atoms with E-state index in [1.807, 2.05) is 59.9 Å². The minimum atomic E-state index is -0.416. The van der Waals surface area contributed by atoms with Gasteiger partial charge in [0.05, 0.1) is 32.2 Å². The maximum Gasteiger partial charge on any atom is 0.274 e. The molecule has 15 nitrogen and oxygen atoms in total. The SMILES string of the molecule is C.Cl.Cl.Cn1ccnc1CCC(=O)COc1ccc(CCC[N+]2(CCCc3ccc(OCC(=O)CCc4nccn4C)cc3)CCC[C@H](NC(=O)c3nc(Cl)c(N)nc3N)C2)cc1.[Cl-]. The van der Waals surface area contributed by atoms with Gasteiger partial charge in [-0.3, -0.25) is 14.4 Å². The highest BCUT2D eigenvalue weighted by atomic mass is 35.5. The van der Waals surface area contributed by atoms with Gasteiger partial charge < -0.3 is 52.3 Å². The van der Waals surface area contributed by atoms with Crippen LogP contribution in [0, 0.1) is 0 Å². The number of amides is 1. The van der Waals surface area contributed by atoms with Crippen molar-refractivity contribution in [3.8, 4) is 11.5 Å². The van der Waals surface area contributed by atoms with Gasteiger partial charge in [0.1, 0.15) is 36.4 Å². The summed E-state index contributed by atoms with van der Waals surface area (Å²) in [7, 11) is 3.84. The molecule has 0 spiro atoms. The van der Waals surface area contributed by atoms with E-state index >= 15 is 0 Å². The van der Waals surface area contributed by atoms with E-state index in [2.05, 4.69) is 49.5 Å². The number of piperidine rings is 1. The van der Waals surface area contributed by atoms with Crippen LogP contribution < -0.4 is 38.7 Å². The lowest BCUT2D eigenvalue weighted by atomic mass is 9.99. The number of ketones is 2. The molecule has 1 atom stereocenters. The minimum absolute atomic E-state index is 0. The predicted molar refractivity (Wildman–Crippen MR) is 251 cm³/mol. The number of anilines is 2. The van der Waals surface area contributed by atoms with E-state index in [0.29, 0.717) is 37.2 Å². The molecule has 5 N–H and O–H groups in total. The zero-order valence-electron chi connectivity index (χ0n) is 35.7. The van der Waals surface area contributed by atoms with Gasteiger partial charge in [0, 0.05) is 77.4 Å². The summed E-state index contributed by atoms with van der Waals surface area (Å²) in [6.07, 6.45) is 14.6. The van der Waals surface area contributed by atoms with Gasteiger partial charge in [-0.15, -0.1) is 24.8 Å². The quantitative estimate of drug-likeness (QED) is 0.0862. The first-order chi connectivity index (χ1) is 28.9. The first kappa shape index (κ1) is 55.2. The number of carbonyl (C=O) groups excluding carboxylic acids is 3. The number of halogens is 4. The van der Waals surface area contributed by atoms with E-state index in [1.165, 1.54) is 11.1 Å². The van der Waals surface area contributed by atoms with Gasteiger partial charge in [0.15, 0.2) is 34.0 Å². The van der Waals surface area contributed by atoms with E-state index in [1.54, 1.807) is 12.4 Å². The van der Waals surface area contributed by atoms with Gasteiger partial charge in [0.25, 0.3) is 5.91 Å². The number of Topliss-reactive ketones (excluding diaryl/α,β-unsaturated/α-hetero) is 2. The van der Waals surface area contributed by atoms with Crippen molar-refractivity contribution in [2.45, 2.75) is 77.7 Å². The van der Waals surface area contributed by atoms with Crippen molar-refractivity contribution in [3.63, 3.8) is 0 Å². The number of rotatable bonds is 22. The Labute approximate surface area is 399 Å². The van der Waals surface area contributed by atoms with Crippen molar-refractivity contribution in [3.05, 3.63) is 107 Å². The fourth-order valence-electron chi connectivity index (χ4n) is 7.81. The average molecular weight is 965 g/mol. The zero-order valence-corrected chi connectivity index (χ0v) is 38.9. The highest BCUT2D eigenvalue weighted by Gasteiger charge is 2.35. The molecule has 1 aliphatic heterocycles. The predicted octanol–water partition coefficient (Wildman–Crippen LogP) is 3.38. The topological polar surface area (TPSA) is 195 Å². The van der Waals surface area contributed by atoms with Crippen LogP contribution in [-0.4, -0.2) is 96.5 Å². The Hall–Kier alpha value is -4.93. The van der Waals surface area contributed by atoms with Crippen LogP contribution >= 0.6 is 36.4 Å². The van der Waals surface area contributed by atoms with Crippen LogP contribution in [-0.2, 0) is 49.4 Å². The Morgan fingerprint density at radius 2 is 1.25 bits per heavy atom. The van der Waals surface area contributed by atoms with Gasteiger partial charge in [-0.05, 0) is 61.1 Å². The normalized spacial score (nSPS) is 13.8. The van der Waals surface area contributed by atoms with Crippen LogP contribution in [0.5, 0.6) is 11.5 Å². The monoisotopic (exact) mass is 962 g/mol. The van der Waals surface area contributed by atoms with Crippen LogP contribution in [0.3, 0.4) is 0 Å². The van der Waals surface area contributed by atoms with Crippen LogP contribution in [0.2, 0.25) is 5.15 Å². The Bertz CT molecular complexity index is 2110. The molecule has 1 aliphatic rings. The standard InChI is InChI=1S/C44H55ClN10O5.CH4.3ClH/c1-53-23-21-48-38(53)19-13-34(56)29-59-36-15-9-31(10-16-36)6-3-25-55(27-5-8-33(28-55)50-44(58)40-42(46)52-43(47)41(45)51-40)26-4-7-32-11-17-37(18-12-32)60-30-35(57)14-20-39-49-22-24-54(39)2;;;;/h9-12,15-18,21-24,33H,3-8,13-14,19-20,25-30H2,1-2H3,(H4-,46,47,50,52,58);1H4;3*1H/t33-;;;;/m0..../s1. The number of nitrogens with zero attached hydrogens (tertiary/aromatic N) is 7. The number of quaternary nitrogens is 1. The number of benzene rings is 2. The van der Waals surface area contributed by atoms with E-state index < -0.39 is 5.91 Å². The van der Waals surface area contributed by atoms with Crippen LogP contribution in [0.4, 0.5) is 11.6 Å². The second-order valence-corrected chi connectivity index (χ2v) is 16.1. The number of likely N-dealkylation sites (tertiary alicyclic amines) is 1. The van der Waals surface area contributed by atoms with E-state index in [4.69, 9.17) is 32.5 Å². The fourth-order valence-corrected chi connectivity index (χ4v) is 7.94. The lowest BCUT2D eigenvalue weighted by Crippen LogP contribution is -3.00. The maximum absolute atomic E-state index is 13.4. The molecule has 1 fully saturated rings. The van der Waals surface area contributed by atoms with Crippen LogP contribution in [0.1, 0.15) is 79.2 Å². The summed E-state index contributed by atoms with van der Waals surface area (Å²) in [5.74, 6) is 2.65. The van der Waals surface area contributed by atoms with Gasteiger partial charge in [-0.1, -0.05) is 43.3 Å². The average Bonchev–Trinajstić information content (AvgIpc) is 3.86. The molecule has 0 bridgehead atoms. The molecule has 4 heterocycles. The Morgan fingerprint density at radius 1 is 0.766 bits per heavy atom. The molecule has 2 aromatic carbocycles. The first-order valence-electron chi connectivity index (χ1n) is 20.6. The maximum atomic E-state index is 13.4. The van der Waals surface area contributed by atoms with Crippen molar-refractivity contribution in [1.82, 2.24) is 34.4 Å². The number of hydrogen-bond acceptors (Lipinski definition) is 11. The summed E-state index contributed by atoms with van der Waals surface area (Å²) < 4.78 is 16.3. The number of nitrogens with two attached hydrogens (primary N) is 2. The largest absolute Gasteiger partial charge is 1.00 e. The molecule has 64 heavy (non-hydrogen) atoms. The second kappa shape index (κ2) is 26.8. The lowest BCUT2D eigenvalue weighted by Gasteiger charge is -2.45. The van der Waals surface area contributed by atoms with Crippen molar-refractivity contribution >= 4 is 65.5 Å². The molecule has 1 amide bonds. The molecule has 350 valence electrons.